The van der Waals surface area contributed by atoms with Gasteiger partial charge in [-0.05, 0) is 37.0 Å². The van der Waals surface area contributed by atoms with Crippen LogP contribution in [0.1, 0.15) is 26.7 Å². The zero-order valence-electron chi connectivity index (χ0n) is 10.6. The summed E-state index contributed by atoms with van der Waals surface area (Å²) in [6.07, 6.45) is 1.81. The van der Waals surface area contributed by atoms with Crippen molar-refractivity contribution < 1.29 is 8.42 Å². The molecule has 0 unspecified atom stereocenters. The summed E-state index contributed by atoms with van der Waals surface area (Å²) in [7, 11) is -3.49. The Hall–Kier alpha value is -0.780. The number of rotatable bonds is 6. The van der Waals surface area contributed by atoms with Gasteiger partial charge in [-0.3, -0.25) is 0 Å². The lowest BCUT2D eigenvalue weighted by molar-refractivity contribution is 0.540. The van der Waals surface area contributed by atoms with Gasteiger partial charge in [0.2, 0.25) is 10.0 Å². The molecule has 0 aliphatic heterocycles. The number of benzene rings is 1. The molecule has 1 aromatic rings. The van der Waals surface area contributed by atoms with Crippen molar-refractivity contribution in [3.8, 4) is 0 Å². The van der Waals surface area contributed by atoms with Crippen molar-refractivity contribution in [2.24, 2.45) is 5.92 Å². The third-order valence-corrected chi connectivity index (χ3v) is 4.32. The summed E-state index contributed by atoms with van der Waals surface area (Å²) >= 11 is 5.81. The van der Waals surface area contributed by atoms with Crippen molar-refractivity contribution >= 4 is 27.3 Å². The molecule has 1 rings (SSSR count). The van der Waals surface area contributed by atoms with Crippen molar-refractivity contribution in [1.29, 1.82) is 0 Å². The van der Waals surface area contributed by atoms with E-state index in [2.05, 4.69) is 18.6 Å². The number of sulfonamides is 1. The summed E-state index contributed by atoms with van der Waals surface area (Å²) in [6.45, 7) is 4.64. The third-order valence-electron chi connectivity index (χ3n) is 2.53. The molecule has 4 nitrogen and oxygen atoms in total. The van der Waals surface area contributed by atoms with Crippen LogP contribution in [0.3, 0.4) is 0 Å². The van der Waals surface area contributed by atoms with Crippen molar-refractivity contribution in [1.82, 2.24) is 4.72 Å². The van der Waals surface area contributed by atoms with Crippen LogP contribution in [0.4, 0.5) is 5.69 Å². The fourth-order valence-electron chi connectivity index (χ4n) is 1.48. The summed E-state index contributed by atoms with van der Waals surface area (Å²) in [5.74, 6) is 0.570. The van der Waals surface area contributed by atoms with Crippen LogP contribution in [0.2, 0.25) is 5.02 Å². The maximum Gasteiger partial charge on any atom is 0.240 e. The smallest absolute Gasteiger partial charge is 0.240 e. The van der Waals surface area contributed by atoms with Crippen molar-refractivity contribution in [2.45, 2.75) is 31.6 Å². The maximum atomic E-state index is 11.9. The fraction of sp³-hybridized carbons (Fsp3) is 0.500. The number of halogens is 1. The number of nitrogens with two attached hydrogens (primary N) is 1. The molecule has 6 heteroatoms. The van der Waals surface area contributed by atoms with Crippen LogP contribution >= 0.6 is 11.6 Å². The van der Waals surface area contributed by atoms with Crippen LogP contribution in [0.5, 0.6) is 0 Å². The summed E-state index contributed by atoms with van der Waals surface area (Å²) in [4.78, 5) is 0.145. The molecule has 0 amide bonds. The van der Waals surface area contributed by atoms with E-state index in [4.69, 9.17) is 17.3 Å². The first-order chi connectivity index (χ1) is 8.33. The standard InChI is InChI=1S/C12H19ClN2O2S/c1-9(2)4-3-7-15-18(16,17)10-5-6-12(14)11(13)8-10/h5-6,8-9,15H,3-4,7,14H2,1-2H3. The van der Waals surface area contributed by atoms with E-state index in [1.54, 1.807) is 0 Å². The van der Waals surface area contributed by atoms with Gasteiger partial charge in [-0.25, -0.2) is 13.1 Å². The molecule has 0 radical (unpaired) electrons. The zero-order valence-corrected chi connectivity index (χ0v) is 12.2. The topological polar surface area (TPSA) is 72.2 Å². The van der Waals surface area contributed by atoms with Crippen LogP contribution in [0.25, 0.3) is 0 Å². The Bertz CT molecular complexity index is 501. The quantitative estimate of drug-likeness (QED) is 0.625. The van der Waals surface area contributed by atoms with Crippen molar-refractivity contribution in [2.75, 3.05) is 12.3 Å². The first-order valence-electron chi connectivity index (χ1n) is 5.87. The molecule has 0 saturated carbocycles. The largest absolute Gasteiger partial charge is 0.398 e. The van der Waals surface area contributed by atoms with Gasteiger partial charge < -0.3 is 5.73 Å². The summed E-state index contributed by atoms with van der Waals surface area (Å²) in [5.41, 5.74) is 5.91. The zero-order chi connectivity index (χ0) is 13.8. The lowest BCUT2D eigenvalue weighted by Gasteiger charge is -2.08. The maximum absolute atomic E-state index is 11.9. The molecule has 0 spiro atoms. The number of nitrogen functional groups attached to an aromatic ring is 1. The van der Waals surface area contributed by atoms with Crippen LogP contribution < -0.4 is 10.5 Å². The predicted octanol–water partition coefficient (Wildman–Crippen LogP) is 2.64. The normalized spacial score (nSPS) is 12.0. The van der Waals surface area contributed by atoms with E-state index >= 15 is 0 Å². The van der Waals surface area contributed by atoms with Gasteiger partial charge in [-0.2, -0.15) is 0 Å². The van der Waals surface area contributed by atoms with E-state index in [1.165, 1.54) is 18.2 Å². The Balaban J connectivity index is 2.66. The molecule has 0 aliphatic rings. The molecule has 0 fully saturated rings. The molecule has 0 aliphatic carbocycles. The Morgan fingerprint density at radius 3 is 2.61 bits per heavy atom. The molecule has 0 saturated heterocycles. The summed E-state index contributed by atoms with van der Waals surface area (Å²) in [5, 5.41) is 0.250. The predicted molar refractivity (Wildman–Crippen MR) is 75.1 cm³/mol. The Labute approximate surface area is 114 Å². The van der Waals surface area contributed by atoms with Crippen LogP contribution in [-0.2, 0) is 10.0 Å². The van der Waals surface area contributed by atoms with E-state index < -0.39 is 10.0 Å². The monoisotopic (exact) mass is 290 g/mol. The highest BCUT2D eigenvalue weighted by Gasteiger charge is 2.14. The minimum Gasteiger partial charge on any atom is -0.398 e. The number of hydrogen-bond donors (Lipinski definition) is 2. The van der Waals surface area contributed by atoms with Gasteiger partial charge in [-0.1, -0.05) is 25.4 Å². The average molecular weight is 291 g/mol. The molecule has 18 heavy (non-hydrogen) atoms. The Morgan fingerprint density at radius 1 is 1.39 bits per heavy atom. The van der Waals surface area contributed by atoms with Crippen molar-refractivity contribution in [3.05, 3.63) is 23.2 Å². The first kappa shape index (κ1) is 15.3. The third kappa shape index (κ3) is 4.48. The van der Waals surface area contributed by atoms with Gasteiger partial charge in [0.05, 0.1) is 15.6 Å². The van der Waals surface area contributed by atoms with E-state index in [0.29, 0.717) is 18.2 Å². The van der Waals surface area contributed by atoms with Gasteiger partial charge in [0, 0.05) is 6.54 Å². The highest BCUT2D eigenvalue weighted by molar-refractivity contribution is 7.89. The molecule has 3 N–H and O–H groups in total. The molecule has 0 bridgehead atoms. The molecule has 0 aromatic heterocycles. The molecular weight excluding hydrogens is 272 g/mol. The van der Waals surface area contributed by atoms with E-state index in [9.17, 15) is 8.42 Å². The van der Waals surface area contributed by atoms with E-state index in [0.717, 1.165) is 12.8 Å². The van der Waals surface area contributed by atoms with Gasteiger partial charge in [0.1, 0.15) is 0 Å². The minimum atomic E-state index is -3.49. The molecule has 0 heterocycles. The lowest BCUT2D eigenvalue weighted by atomic mass is 10.1. The molecule has 102 valence electrons. The van der Waals surface area contributed by atoms with Crippen molar-refractivity contribution in [3.63, 3.8) is 0 Å². The van der Waals surface area contributed by atoms with E-state index in [1.807, 2.05) is 0 Å². The second kappa shape index (κ2) is 6.41. The summed E-state index contributed by atoms with van der Waals surface area (Å²) < 4.78 is 26.4. The highest BCUT2D eigenvalue weighted by Crippen LogP contribution is 2.22. The SMILES string of the molecule is CC(C)CCCNS(=O)(=O)c1ccc(N)c(Cl)c1. The van der Waals surface area contributed by atoms with Crippen LogP contribution in [0.15, 0.2) is 23.1 Å². The lowest BCUT2D eigenvalue weighted by Crippen LogP contribution is -2.25. The van der Waals surface area contributed by atoms with Crippen LogP contribution in [-0.4, -0.2) is 15.0 Å². The first-order valence-corrected chi connectivity index (χ1v) is 7.73. The van der Waals surface area contributed by atoms with Gasteiger partial charge in [-0.15, -0.1) is 0 Å². The van der Waals surface area contributed by atoms with Gasteiger partial charge in [0.25, 0.3) is 0 Å². The fourth-order valence-corrected chi connectivity index (χ4v) is 2.82. The summed E-state index contributed by atoms with van der Waals surface area (Å²) in [6, 6.07) is 4.30. The Kier molecular flexibility index (Phi) is 5.44. The number of nitrogens with one attached hydrogen (secondary N) is 1. The molecular formula is C12H19ClN2O2S. The number of anilines is 1. The Morgan fingerprint density at radius 2 is 2.06 bits per heavy atom. The van der Waals surface area contributed by atoms with Gasteiger partial charge in [0.15, 0.2) is 0 Å². The second-order valence-corrected chi connectivity index (χ2v) is 6.79. The van der Waals surface area contributed by atoms with Crippen LogP contribution in [0, 0.1) is 5.92 Å². The highest BCUT2D eigenvalue weighted by atomic mass is 35.5. The average Bonchev–Trinajstić information content (AvgIpc) is 2.28. The second-order valence-electron chi connectivity index (χ2n) is 4.62. The molecule has 0 atom stereocenters. The minimum absolute atomic E-state index is 0.145. The van der Waals surface area contributed by atoms with Gasteiger partial charge >= 0.3 is 0 Å². The van der Waals surface area contributed by atoms with E-state index in [-0.39, 0.29) is 9.92 Å². The molecule has 1 aromatic carbocycles. The number of hydrogen-bond acceptors (Lipinski definition) is 3.